The van der Waals surface area contributed by atoms with Gasteiger partial charge >= 0.3 is 6.18 Å². The Bertz CT molecular complexity index is 1610. The number of ether oxygens (including phenoxy) is 2. The molecule has 6 rings (SSSR count). The number of halogens is 3. The molecule has 40 heavy (non-hydrogen) atoms. The van der Waals surface area contributed by atoms with Crippen LogP contribution in [0.2, 0.25) is 0 Å². The molecule has 0 radical (unpaired) electrons. The predicted octanol–water partition coefficient (Wildman–Crippen LogP) is 7.30. The SMILES string of the molecule is Cc1ccc(/C(O)=C2\C(=N)N(c3ccccc3C(F)(F)F)C3=C(C(=O)CCC3)[C@H]2c2ccc3c(c2)OCO3)cc1. The molecule has 0 amide bonds. The molecule has 2 N–H and O–H groups in total. The normalized spacial score (nSPS) is 20.1. The van der Waals surface area contributed by atoms with E-state index in [0.29, 0.717) is 41.2 Å². The van der Waals surface area contributed by atoms with E-state index in [0.717, 1.165) is 11.6 Å². The number of aliphatic hydroxyl groups excluding tert-OH is 1. The zero-order chi connectivity index (χ0) is 28.2. The molecule has 0 fully saturated rings. The van der Waals surface area contributed by atoms with Crippen LogP contribution in [0.5, 0.6) is 11.5 Å². The number of nitrogens with one attached hydrogen (secondary N) is 1. The minimum Gasteiger partial charge on any atom is -0.507 e. The van der Waals surface area contributed by atoms with E-state index < -0.39 is 17.7 Å². The number of aryl methyl sites for hydroxylation is 1. The van der Waals surface area contributed by atoms with Crippen molar-refractivity contribution in [1.82, 2.24) is 0 Å². The lowest BCUT2D eigenvalue weighted by Crippen LogP contribution is -2.43. The number of ketones is 1. The van der Waals surface area contributed by atoms with Crippen molar-refractivity contribution in [2.75, 3.05) is 11.7 Å². The average Bonchev–Trinajstić information content (AvgIpc) is 3.40. The molecule has 204 valence electrons. The maximum atomic E-state index is 14.2. The number of carbonyl (C=O) groups excluding carboxylic acids is 1. The highest BCUT2D eigenvalue weighted by atomic mass is 19.4. The Kier molecular flexibility index (Phi) is 6.17. The molecule has 0 bridgehead atoms. The van der Waals surface area contributed by atoms with E-state index in [9.17, 15) is 28.5 Å². The monoisotopic (exact) mass is 546 g/mol. The highest BCUT2D eigenvalue weighted by Gasteiger charge is 2.45. The fourth-order valence-corrected chi connectivity index (χ4v) is 5.66. The Morgan fingerprint density at radius 1 is 1.00 bits per heavy atom. The van der Waals surface area contributed by atoms with E-state index in [2.05, 4.69) is 0 Å². The van der Waals surface area contributed by atoms with Crippen LogP contribution in [0, 0.1) is 12.3 Å². The Morgan fingerprint density at radius 3 is 2.48 bits per heavy atom. The van der Waals surface area contributed by atoms with Crippen molar-refractivity contribution in [3.63, 3.8) is 0 Å². The average molecular weight is 547 g/mol. The molecule has 1 aliphatic carbocycles. The summed E-state index contributed by atoms with van der Waals surface area (Å²) in [5.41, 5.74) is 1.34. The fourth-order valence-electron chi connectivity index (χ4n) is 5.66. The van der Waals surface area contributed by atoms with Crippen LogP contribution >= 0.6 is 0 Å². The van der Waals surface area contributed by atoms with E-state index in [4.69, 9.17) is 9.47 Å². The molecule has 3 aromatic carbocycles. The molecule has 2 heterocycles. The first-order valence-corrected chi connectivity index (χ1v) is 12.9. The lowest BCUT2D eigenvalue weighted by Gasteiger charge is -2.42. The van der Waals surface area contributed by atoms with Crippen LogP contribution in [0.15, 0.2) is 83.6 Å². The second-order valence-electron chi connectivity index (χ2n) is 10.0. The number of amidine groups is 1. The van der Waals surface area contributed by atoms with E-state index in [1.54, 1.807) is 42.5 Å². The van der Waals surface area contributed by atoms with Crippen LogP contribution in [0.4, 0.5) is 18.9 Å². The van der Waals surface area contributed by atoms with Gasteiger partial charge in [-0.1, -0.05) is 48.0 Å². The molecule has 9 heteroatoms. The second-order valence-corrected chi connectivity index (χ2v) is 10.0. The summed E-state index contributed by atoms with van der Waals surface area (Å²) in [6, 6.07) is 17.1. The van der Waals surface area contributed by atoms with Gasteiger partial charge in [-0.15, -0.1) is 0 Å². The number of benzene rings is 3. The Balaban J connectivity index is 1.66. The predicted molar refractivity (Wildman–Crippen MR) is 144 cm³/mol. The fraction of sp³-hybridized carbons (Fsp3) is 0.226. The molecule has 0 saturated heterocycles. The van der Waals surface area contributed by atoms with Gasteiger partial charge in [0.25, 0.3) is 0 Å². The van der Waals surface area contributed by atoms with Crippen LogP contribution in [0.3, 0.4) is 0 Å². The van der Waals surface area contributed by atoms with Crippen molar-refractivity contribution in [2.45, 2.75) is 38.3 Å². The van der Waals surface area contributed by atoms with E-state index in [1.807, 2.05) is 6.92 Å². The highest BCUT2D eigenvalue weighted by molar-refractivity contribution is 6.20. The van der Waals surface area contributed by atoms with Crippen molar-refractivity contribution in [1.29, 1.82) is 5.41 Å². The van der Waals surface area contributed by atoms with Crippen molar-refractivity contribution >= 4 is 23.1 Å². The number of carbonyl (C=O) groups is 1. The van der Waals surface area contributed by atoms with Crippen molar-refractivity contribution in [3.8, 4) is 11.5 Å². The topological polar surface area (TPSA) is 82.9 Å². The van der Waals surface area contributed by atoms with Gasteiger partial charge in [0.15, 0.2) is 17.3 Å². The third kappa shape index (κ3) is 4.22. The number of hydrogen-bond acceptors (Lipinski definition) is 5. The molecule has 2 aliphatic heterocycles. The summed E-state index contributed by atoms with van der Waals surface area (Å²) >= 11 is 0. The number of rotatable bonds is 3. The lowest BCUT2D eigenvalue weighted by molar-refractivity contribution is -0.137. The summed E-state index contributed by atoms with van der Waals surface area (Å²) in [5, 5.41) is 21.0. The number of allylic oxidation sites excluding steroid dienone is 2. The van der Waals surface area contributed by atoms with Gasteiger partial charge < -0.3 is 14.6 Å². The zero-order valence-corrected chi connectivity index (χ0v) is 21.5. The van der Waals surface area contributed by atoms with Crippen molar-refractivity contribution in [2.24, 2.45) is 0 Å². The first kappa shape index (κ1) is 25.7. The Labute approximate surface area is 228 Å². The third-order valence-corrected chi connectivity index (χ3v) is 7.52. The van der Waals surface area contributed by atoms with E-state index in [-0.39, 0.29) is 47.4 Å². The molecule has 3 aliphatic rings. The minimum atomic E-state index is -4.70. The lowest BCUT2D eigenvalue weighted by atomic mass is 9.73. The van der Waals surface area contributed by atoms with Gasteiger partial charge in [-0.05, 0) is 49.6 Å². The van der Waals surface area contributed by atoms with E-state index in [1.165, 1.54) is 23.1 Å². The van der Waals surface area contributed by atoms with Crippen LogP contribution in [-0.2, 0) is 11.0 Å². The number of para-hydroxylation sites is 1. The standard InChI is InChI=1S/C31H25F3N2O4/c1-17-9-11-18(12-10-17)29(38)28-26(19-13-14-24-25(15-19)40-16-39-24)27-22(7-4-8-23(27)37)36(30(28)35)21-6-3-2-5-20(21)31(32,33)34/h2-3,5-6,9-15,26,35,38H,4,7-8,16H2,1H3/b29-28+,35-30?/t26-/m1/s1. The first-order chi connectivity index (χ1) is 19.1. The smallest absolute Gasteiger partial charge is 0.418 e. The maximum absolute atomic E-state index is 14.2. The summed E-state index contributed by atoms with van der Waals surface area (Å²) in [5.74, 6) is -0.778. The van der Waals surface area contributed by atoms with Crippen molar-refractivity contribution in [3.05, 3.63) is 106 Å². The minimum absolute atomic E-state index is 0.0332. The molecule has 3 aromatic rings. The highest BCUT2D eigenvalue weighted by Crippen LogP contribution is 2.50. The summed E-state index contributed by atoms with van der Waals surface area (Å²) in [6.07, 6.45) is -3.75. The van der Waals surface area contributed by atoms with Gasteiger partial charge in [-0.25, -0.2) is 0 Å². The molecular formula is C31H25F3N2O4. The molecular weight excluding hydrogens is 521 g/mol. The number of fused-ring (bicyclic) bond motifs is 1. The zero-order valence-electron chi connectivity index (χ0n) is 21.5. The van der Waals surface area contributed by atoms with Crippen LogP contribution in [0.1, 0.15) is 47.4 Å². The number of nitrogens with zero attached hydrogens (tertiary/aromatic N) is 1. The second kappa shape index (κ2) is 9.59. The summed E-state index contributed by atoms with van der Waals surface area (Å²) < 4.78 is 53.6. The molecule has 0 aromatic heterocycles. The summed E-state index contributed by atoms with van der Waals surface area (Å²) in [7, 11) is 0. The Hall–Kier alpha value is -4.53. The molecule has 6 nitrogen and oxygen atoms in total. The summed E-state index contributed by atoms with van der Waals surface area (Å²) in [6.45, 7) is 1.92. The maximum Gasteiger partial charge on any atom is 0.418 e. The number of aliphatic hydroxyl groups is 1. The van der Waals surface area contributed by atoms with Gasteiger partial charge in [0.2, 0.25) is 6.79 Å². The van der Waals surface area contributed by atoms with Gasteiger partial charge in [-0.2, -0.15) is 13.2 Å². The quantitative estimate of drug-likeness (QED) is 0.337. The largest absolute Gasteiger partial charge is 0.507 e. The van der Waals surface area contributed by atoms with E-state index >= 15 is 0 Å². The first-order valence-electron chi connectivity index (χ1n) is 12.9. The number of hydrogen-bond donors (Lipinski definition) is 2. The number of Topliss-reactive ketones (excluding diaryl/α,β-unsaturated/α-hetero) is 1. The van der Waals surface area contributed by atoms with Crippen LogP contribution < -0.4 is 14.4 Å². The third-order valence-electron chi connectivity index (χ3n) is 7.52. The van der Waals surface area contributed by atoms with Crippen molar-refractivity contribution < 1.29 is 32.5 Å². The number of anilines is 1. The van der Waals surface area contributed by atoms with Gasteiger partial charge in [0.1, 0.15) is 11.6 Å². The molecule has 0 spiro atoms. The van der Waals surface area contributed by atoms with Crippen LogP contribution in [0.25, 0.3) is 5.76 Å². The number of alkyl halides is 3. The molecule has 0 unspecified atom stereocenters. The van der Waals surface area contributed by atoms with Gasteiger partial charge in [0.05, 0.1) is 11.3 Å². The molecule has 1 atom stereocenters. The van der Waals surface area contributed by atoms with Gasteiger partial charge in [-0.3, -0.25) is 15.1 Å². The molecule has 0 saturated carbocycles. The van der Waals surface area contributed by atoms with Crippen LogP contribution in [-0.4, -0.2) is 23.5 Å². The summed E-state index contributed by atoms with van der Waals surface area (Å²) in [4.78, 5) is 14.8. The van der Waals surface area contributed by atoms with Gasteiger partial charge in [0, 0.05) is 34.7 Å². The Morgan fingerprint density at radius 2 is 1.73 bits per heavy atom.